The van der Waals surface area contributed by atoms with Crippen molar-refractivity contribution >= 4 is 17.5 Å². The Labute approximate surface area is 216 Å². The third kappa shape index (κ3) is 6.72. The predicted molar refractivity (Wildman–Crippen MR) is 123 cm³/mol. The first-order chi connectivity index (χ1) is 18.0. The fraction of sp³-hybridized carbons (Fsp3) is 0.636. The summed E-state index contributed by atoms with van der Waals surface area (Å²) in [6, 6.07) is 2.29. The molecule has 2 aliphatic heterocycles. The van der Waals surface area contributed by atoms with Crippen LogP contribution < -0.4 is 15.4 Å². The second-order valence-electron chi connectivity index (χ2n) is 8.84. The zero-order chi connectivity index (χ0) is 28.1. The number of ether oxygens (including phenoxy) is 4. The molecular formula is C22H31N3O13. The zero-order valence-corrected chi connectivity index (χ0v) is 20.4. The second kappa shape index (κ2) is 12.7. The summed E-state index contributed by atoms with van der Waals surface area (Å²) in [6.45, 7) is 0.888. The Hall–Kier alpha value is -2.96. The van der Waals surface area contributed by atoms with Crippen LogP contribution in [-0.4, -0.2) is 117 Å². The molecule has 1 unspecified atom stereocenters. The van der Waals surface area contributed by atoms with Crippen LogP contribution in [0.3, 0.4) is 0 Å². The number of nitro benzene ring substituents is 1. The number of nitro groups is 1. The van der Waals surface area contributed by atoms with Crippen molar-refractivity contribution < 1.29 is 59.0 Å². The monoisotopic (exact) mass is 545 g/mol. The highest BCUT2D eigenvalue weighted by Crippen LogP contribution is 2.31. The largest absolute Gasteiger partial charge is 0.463 e. The SMILES string of the molecule is CC(=O)N[C@H]1[C@H](O[C@H]2[C@H](O)[C@@H](NC(C)=O)C(Oc3ccc([N+](=O)[O-])cc3)O[C@@H]2CO)O[C@H](CO)[C@@H](O)[C@@H]1O. The van der Waals surface area contributed by atoms with Crippen molar-refractivity contribution in [1.29, 1.82) is 0 Å². The zero-order valence-electron chi connectivity index (χ0n) is 20.4. The van der Waals surface area contributed by atoms with Crippen molar-refractivity contribution in [3.05, 3.63) is 34.4 Å². The molecule has 1 aromatic rings. The fourth-order valence-corrected chi connectivity index (χ4v) is 4.25. The number of carbonyl (C=O) groups excluding carboxylic acids is 2. The quantitative estimate of drug-likeness (QED) is 0.120. The van der Waals surface area contributed by atoms with Gasteiger partial charge < -0.3 is 55.1 Å². The second-order valence-corrected chi connectivity index (χ2v) is 8.84. The Balaban J connectivity index is 1.86. The van der Waals surface area contributed by atoms with Gasteiger partial charge in [0.1, 0.15) is 54.5 Å². The molecule has 7 N–H and O–H groups in total. The molecule has 2 aliphatic rings. The Kier molecular flexibility index (Phi) is 9.91. The first-order valence-corrected chi connectivity index (χ1v) is 11.6. The molecule has 16 nitrogen and oxygen atoms in total. The van der Waals surface area contributed by atoms with Crippen molar-refractivity contribution in [3.8, 4) is 5.75 Å². The topological polar surface area (TPSA) is 239 Å². The number of hydrogen-bond donors (Lipinski definition) is 7. The maximum absolute atomic E-state index is 11.9. The number of carbonyl (C=O) groups is 2. The normalized spacial score (nSPS) is 35.2. The molecule has 0 aromatic heterocycles. The molecule has 3 rings (SSSR count). The van der Waals surface area contributed by atoms with Crippen LogP contribution in [-0.2, 0) is 23.8 Å². The molecule has 0 spiro atoms. The first kappa shape index (κ1) is 29.6. The van der Waals surface area contributed by atoms with E-state index in [-0.39, 0.29) is 11.4 Å². The van der Waals surface area contributed by atoms with Gasteiger partial charge in [0.25, 0.3) is 5.69 Å². The molecule has 38 heavy (non-hydrogen) atoms. The van der Waals surface area contributed by atoms with Crippen LogP contribution in [0.5, 0.6) is 5.75 Å². The smallest absolute Gasteiger partial charge is 0.269 e. The summed E-state index contributed by atoms with van der Waals surface area (Å²) in [6.07, 6.45) is -11.8. The van der Waals surface area contributed by atoms with E-state index in [9.17, 15) is 45.2 Å². The Morgan fingerprint density at radius 2 is 1.42 bits per heavy atom. The Morgan fingerprint density at radius 1 is 0.895 bits per heavy atom. The lowest BCUT2D eigenvalue weighted by molar-refractivity contribution is -0.384. The van der Waals surface area contributed by atoms with Crippen molar-refractivity contribution in [1.82, 2.24) is 10.6 Å². The summed E-state index contributed by atoms with van der Waals surface area (Å²) in [7, 11) is 0. The minimum atomic E-state index is -1.63. The molecule has 0 saturated carbocycles. The van der Waals surface area contributed by atoms with Gasteiger partial charge in [0.2, 0.25) is 18.1 Å². The van der Waals surface area contributed by atoms with Crippen LogP contribution in [0.15, 0.2) is 24.3 Å². The number of hydrogen-bond acceptors (Lipinski definition) is 13. The maximum atomic E-state index is 11.9. The lowest BCUT2D eigenvalue weighted by Gasteiger charge is -2.48. The molecule has 0 aliphatic carbocycles. The molecular weight excluding hydrogens is 514 g/mol. The van der Waals surface area contributed by atoms with Crippen molar-refractivity contribution in [2.75, 3.05) is 13.2 Å². The van der Waals surface area contributed by atoms with Crippen LogP contribution in [0.25, 0.3) is 0 Å². The van der Waals surface area contributed by atoms with Gasteiger partial charge in [-0.05, 0) is 12.1 Å². The van der Waals surface area contributed by atoms with Crippen LogP contribution in [0.1, 0.15) is 13.8 Å². The molecule has 0 bridgehead atoms. The summed E-state index contributed by atoms with van der Waals surface area (Å²) in [5.41, 5.74) is -0.197. The summed E-state index contributed by atoms with van der Waals surface area (Å²) >= 11 is 0. The average Bonchev–Trinajstić information content (AvgIpc) is 2.86. The van der Waals surface area contributed by atoms with Gasteiger partial charge in [-0.25, -0.2) is 0 Å². The standard InChI is InChI=1S/C22H31N3O13/c1-9(28)23-15-18(31)17(30)13(7-26)36-22(15)38-20-14(8-27)37-21(16(19(20)32)24-10(2)29)35-12-5-3-11(4-6-12)25(33)34/h3-6,13-22,26-27,30-32H,7-8H2,1-2H3,(H,23,28)(H,24,29)/t13-,14-,15-,16-,17-,18-,19-,20-,21?,22+/m1/s1. The van der Waals surface area contributed by atoms with Gasteiger partial charge in [0.15, 0.2) is 6.29 Å². The van der Waals surface area contributed by atoms with Crippen molar-refractivity contribution in [2.45, 2.75) is 75.1 Å². The number of nitrogens with one attached hydrogen (secondary N) is 2. The molecule has 2 amide bonds. The van der Waals surface area contributed by atoms with Crippen LogP contribution in [0, 0.1) is 10.1 Å². The van der Waals surface area contributed by atoms with E-state index in [2.05, 4.69) is 10.6 Å². The molecule has 2 heterocycles. The summed E-state index contributed by atoms with van der Waals surface area (Å²) in [5.74, 6) is -1.09. The molecule has 16 heteroatoms. The Bertz CT molecular complexity index is 980. The van der Waals surface area contributed by atoms with Gasteiger partial charge in [0.05, 0.1) is 18.1 Å². The summed E-state index contributed by atoms with van der Waals surface area (Å²) < 4.78 is 22.8. The number of amides is 2. The van der Waals surface area contributed by atoms with E-state index in [0.29, 0.717) is 0 Å². The third-order valence-corrected chi connectivity index (χ3v) is 6.06. The maximum Gasteiger partial charge on any atom is 0.269 e. The van der Waals surface area contributed by atoms with Crippen LogP contribution >= 0.6 is 0 Å². The van der Waals surface area contributed by atoms with E-state index in [1.807, 2.05) is 0 Å². The molecule has 2 fully saturated rings. The van der Waals surface area contributed by atoms with E-state index in [4.69, 9.17) is 18.9 Å². The summed E-state index contributed by atoms with van der Waals surface area (Å²) in [4.78, 5) is 33.9. The fourth-order valence-electron chi connectivity index (χ4n) is 4.25. The number of nitrogens with zero attached hydrogens (tertiary/aromatic N) is 1. The molecule has 1 aromatic carbocycles. The van der Waals surface area contributed by atoms with Gasteiger partial charge in [-0.1, -0.05) is 0 Å². The van der Waals surface area contributed by atoms with Crippen molar-refractivity contribution in [3.63, 3.8) is 0 Å². The van der Waals surface area contributed by atoms with Gasteiger partial charge in [-0.2, -0.15) is 0 Å². The van der Waals surface area contributed by atoms with E-state index >= 15 is 0 Å². The van der Waals surface area contributed by atoms with E-state index < -0.39 is 91.2 Å². The summed E-state index contributed by atoms with van der Waals surface area (Å²) in [5, 5.41) is 67.2. The van der Waals surface area contributed by atoms with Gasteiger partial charge >= 0.3 is 0 Å². The lowest BCUT2D eigenvalue weighted by Crippen LogP contribution is -2.69. The number of non-ortho nitro benzene ring substituents is 1. The Morgan fingerprint density at radius 3 is 1.92 bits per heavy atom. The minimum absolute atomic E-state index is 0.100. The third-order valence-electron chi connectivity index (χ3n) is 6.06. The minimum Gasteiger partial charge on any atom is -0.463 e. The predicted octanol–water partition coefficient (Wildman–Crippen LogP) is -3.11. The molecule has 212 valence electrons. The molecule has 2 saturated heterocycles. The van der Waals surface area contributed by atoms with E-state index in [0.717, 1.165) is 6.92 Å². The number of rotatable bonds is 9. The van der Waals surface area contributed by atoms with Gasteiger partial charge in [-0.15, -0.1) is 0 Å². The highest BCUT2D eigenvalue weighted by molar-refractivity contribution is 5.73. The molecule has 0 radical (unpaired) electrons. The van der Waals surface area contributed by atoms with Gasteiger partial charge in [-0.3, -0.25) is 19.7 Å². The lowest BCUT2D eigenvalue weighted by atomic mass is 9.94. The highest BCUT2D eigenvalue weighted by Gasteiger charge is 2.52. The molecule has 10 atom stereocenters. The number of benzene rings is 1. The average molecular weight is 545 g/mol. The number of aliphatic hydroxyl groups excluding tert-OH is 5. The van der Waals surface area contributed by atoms with Gasteiger partial charge in [0, 0.05) is 26.0 Å². The van der Waals surface area contributed by atoms with Crippen LogP contribution in [0.4, 0.5) is 5.69 Å². The van der Waals surface area contributed by atoms with E-state index in [1.54, 1.807) is 0 Å². The van der Waals surface area contributed by atoms with Crippen LogP contribution in [0.2, 0.25) is 0 Å². The van der Waals surface area contributed by atoms with Crippen molar-refractivity contribution in [2.24, 2.45) is 0 Å². The van der Waals surface area contributed by atoms with E-state index in [1.165, 1.54) is 31.2 Å². The highest BCUT2D eigenvalue weighted by atomic mass is 16.7. The number of aliphatic hydroxyl groups is 5. The first-order valence-electron chi connectivity index (χ1n) is 11.6.